The summed E-state index contributed by atoms with van der Waals surface area (Å²) < 4.78 is 0. The van der Waals surface area contributed by atoms with Gasteiger partial charge in [-0.1, -0.05) is 36.4 Å². The molecule has 1 aromatic heterocycles. The summed E-state index contributed by atoms with van der Waals surface area (Å²) in [4.78, 5) is 21.5. The molecule has 1 heterocycles. The number of rotatable bonds is 3. The van der Waals surface area contributed by atoms with Crippen LogP contribution < -0.4 is 5.32 Å². The highest BCUT2D eigenvalue weighted by molar-refractivity contribution is 5.97. The number of benzene rings is 3. The summed E-state index contributed by atoms with van der Waals surface area (Å²) >= 11 is 0. The van der Waals surface area contributed by atoms with Crippen molar-refractivity contribution >= 4 is 27.7 Å². The Labute approximate surface area is 151 Å². The number of hydrogen-bond donors (Lipinski definition) is 1. The quantitative estimate of drug-likeness (QED) is 0.603. The normalized spacial score (nSPS) is 11.0. The summed E-state index contributed by atoms with van der Waals surface area (Å²) in [6, 6.07) is 19.9. The molecule has 4 nitrogen and oxygen atoms in total. The van der Waals surface area contributed by atoms with Crippen LogP contribution in [0.25, 0.3) is 21.8 Å². The first-order valence-corrected chi connectivity index (χ1v) is 8.61. The van der Waals surface area contributed by atoms with Gasteiger partial charge < -0.3 is 5.32 Å². The van der Waals surface area contributed by atoms with Gasteiger partial charge in [-0.05, 0) is 54.4 Å². The van der Waals surface area contributed by atoms with Crippen molar-refractivity contribution in [1.29, 1.82) is 0 Å². The summed E-state index contributed by atoms with van der Waals surface area (Å²) in [5, 5.41) is 5.35. The lowest BCUT2D eigenvalue weighted by Crippen LogP contribution is -2.22. The fourth-order valence-electron chi connectivity index (χ4n) is 3.01. The second-order valence-corrected chi connectivity index (χ2v) is 6.46. The molecule has 0 radical (unpaired) electrons. The standard InChI is InChI=1S/C22H19N3O/c1-14-15(2)25-21-12-19(9-10-20(21)24-14)22(26)23-13-16-7-8-17-5-3-4-6-18(17)11-16/h3-12H,13H2,1-2H3,(H,23,26). The highest BCUT2D eigenvalue weighted by Gasteiger charge is 2.09. The molecule has 26 heavy (non-hydrogen) atoms. The van der Waals surface area contributed by atoms with E-state index in [4.69, 9.17) is 0 Å². The van der Waals surface area contributed by atoms with E-state index in [1.165, 1.54) is 10.8 Å². The van der Waals surface area contributed by atoms with Crippen molar-refractivity contribution in [3.8, 4) is 0 Å². The molecule has 4 rings (SSSR count). The smallest absolute Gasteiger partial charge is 0.251 e. The van der Waals surface area contributed by atoms with Crippen LogP contribution in [0.2, 0.25) is 0 Å². The predicted molar refractivity (Wildman–Crippen MR) is 104 cm³/mol. The molecule has 1 amide bonds. The van der Waals surface area contributed by atoms with Crippen LogP contribution in [0.1, 0.15) is 27.3 Å². The van der Waals surface area contributed by atoms with Crippen molar-refractivity contribution in [3.63, 3.8) is 0 Å². The number of nitrogens with zero attached hydrogens (tertiary/aromatic N) is 2. The van der Waals surface area contributed by atoms with Crippen LogP contribution in [0.3, 0.4) is 0 Å². The van der Waals surface area contributed by atoms with Crippen molar-refractivity contribution < 1.29 is 4.79 Å². The van der Waals surface area contributed by atoms with Crippen LogP contribution in [0.4, 0.5) is 0 Å². The van der Waals surface area contributed by atoms with Crippen LogP contribution in [0, 0.1) is 13.8 Å². The molecule has 4 heteroatoms. The van der Waals surface area contributed by atoms with Gasteiger partial charge in [0.2, 0.25) is 0 Å². The molecule has 1 N–H and O–H groups in total. The van der Waals surface area contributed by atoms with Gasteiger partial charge in [0.05, 0.1) is 22.4 Å². The number of carbonyl (C=O) groups is 1. The highest BCUT2D eigenvalue weighted by Crippen LogP contribution is 2.17. The molecule has 0 aliphatic heterocycles. The number of fused-ring (bicyclic) bond motifs is 2. The highest BCUT2D eigenvalue weighted by atomic mass is 16.1. The summed E-state index contributed by atoms with van der Waals surface area (Å²) in [5.41, 5.74) is 5.00. The predicted octanol–water partition coefficient (Wildman–Crippen LogP) is 4.33. The number of aryl methyl sites for hydroxylation is 2. The third-order valence-electron chi connectivity index (χ3n) is 4.60. The Kier molecular flexibility index (Phi) is 4.09. The minimum absolute atomic E-state index is 0.111. The lowest BCUT2D eigenvalue weighted by atomic mass is 10.1. The second kappa shape index (κ2) is 6.56. The Morgan fingerprint density at radius 2 is 1.58 bits per heavy atom. The zero-order valence-corrected chi connectivity index (χ0v) is 14.8. The molecule has 3 aromatic carbocycles. The molecular weight excluding hydrogens is 322 g/mol. The van der Waals surface area contributed by atoms with Crippen LogP contribution in [0.15, 0.2) is 60.7 Å². The maximum Gasteiger partial charge on any atom is 0.251 e. The molecular formula is C22H19N3O. The summed E-state index contributed by atoms with van der Waals surface area (Å²) in [5.74, 6) is -0.111. The molecule has 0 saturated heterocycles. The number of aromatic nitrogens is 2. The van der Waals surface area contributed by atoms with Crippen molar-refractivity contribution in [2.24, 2.45) is 0 Å². The van der Waals surface area contributed by atoms with E-state index in [1.807, 2.05) is 38.1 Å². The van der Waals surface area contributed by atoms with Gasteiger partial charge in [-0.15, -0.1) is 0 Å². The number of amides is 1. The number of hydrogen-bond acceptors (Lipinski definition) is 3. The van der Waals surface area contributed by atoms with Crippen LogP contribution in [-0.2, 0) is 6.54 Å². The zero-order valence-electron chi connectivity index (χ0n) is 14.8. The topological polar surface area (TPSA) is 54.9 Å². The number of nitrogens with one attached hydrogen (secondary N) is 1. The monoisotopic (exact) mass is 341 g/mol. The molecule has 128 valence electrons. The maximum absolute atomic E-state index is 12.5. The fraction of sp³-hybridized carbons (Fsp3) is 0.136. The van der Waals surface area contributed by atoms with Gasteiger partial charge in [0.1, 0.15) is 0 Å². The van der Waals surface area contributed by atoms with Crippen LogP contribution >= 0.6 is 0 Å². The number of carbonyl (C=O) groups excluding carboxylic acids is 1. The Hall–Kier alpha value is -3.27. The average molecular weight is 341 g/mol. The van der Waals surface area contributed by atoms with Gasteiger partial charge in [-0.25, -0.2) is 9.97 Å². The van der Waals surface area contributed by atoms with Gasteiger partial charge in [-0.3, -0.25) is 4.79 Å². The van der Waals surface area contributed by atoms with E-state index in [0.29, 0.717) is 12.1 Å². The van der Waals surface area contributed by atoms with Gasteiger partial charge in [0.25, 0.3) is 5.91 Å². The lowest BCUT2D eigenvalue weighted by molar-refractivity contribution is 0.0951. The molecule has 4 aromatic rings. The van der Waals surface area contributed by atoms with Crippen molar-refractivity contribution in [1.82, 2.24) is 15.3 Å². The Morgan fingerprint density at radius 1 is 0.846 bits per heavy atom. The molecule has 0 aliphatic rings. The van der Waals surface area contributed by atoms with E-state index >= 15 is 0 Å². The van der Waals surface area contributed by atoms with Gasteiger partial charge in [0.15, 0.2) is 0 Å². The van der Waals surface area contributed by atoms with Crippen molar-refractivity contribution in [3.05, 3.63) is 83.2 Å². The Bertz CT molecular complexity index is 1130. The lowest BCUT2D eigenvalue weighted by Gasteiger charge is -2.08. The first-order chi connectivity index (χ1) is 12.6. The van der Waals surface area contributed by atoms with E-state index < -0.39 is 0 Å². The molecule has 0 atom stereocenters. The molecule has 0 aliphatic carbocycles. The van der Waals surface area contributed by atoms with Gasteiger partial charge in [0, 0.05) is 12.1 Å². The van der Waals surface area contributed by atoms with Crippen molar-refractivity contribution in [2.75, 3.05) is 0 Å². The molecule has 0 spiro atoms. The van der Waals surface area contributed by atoms with E-state index in [9.17, 15) is 4.79 Å². The fourth-order valence-corrected chi connectivity index (χ4v) is 3.01. The van der Waals surface area contributed by atoms with E-state index in [0.717, 1.165) is 28.0 Å². The van der Waals surface area contributed by atoms with Crippen LogP contribution in [-0.4, -0.2) is 15.9 Å². The zero-order chi connectivity index (χ0) is 18.1. The van der Waals surface area contributed by atoms with Crippen molar-refractivity contribution in [2.45, 2.75) is 20.4 Å². The second-order valence-electron chi connectivity index (χ2n) is 6.46. The molecule has 0 unspecified atom stereocenters. The summed E-state index contributed by atoms with van der Waals surface area (Å²) in [6.07, 6.45) is 0. The van der Waals surface area contributed by atoms with Crippen LogP contribution in [0.5, 0.6) is 0 Å². The summed E-state index contributed by atoms with van der Waals surface area (Å²) in [7, 11) is 0. The minimum Gasteiger partial charge on any atom is -0.348 e. The maximum atomic E-state index is 12.5. The minimum atomic E-state index is -0.111. The summed E-state index contributed by atoms with van der Waals surface area (Å²) in [6.45, 7) is 4.35. The first-order valence-electron chi connectivity index (χ1n) is 8.61. The van der Waals surface area contributed by atoms with Gasteiger partial charge >= 0.3 is 0 Å². The molecule has 0 fully saturated rings. The van der Waals surface area contributed by atoms with E-state index in [-0.39, 0.29) is 5.91 Å². The van der Waals surface area contributed by atoms with E-state index in [1.54, 1.807) is 12.1 Å². The SMILES string of the molecule is Cc1nc2ccc(C(=O)NCc3ccc4ccccc4c3)cc2nc1C. The Balaban J connectivity index is 1.53. The first kappa shape index (κ1) is 16.2. The molecule has 0 bridgehead atoms. The average Bonchev–Trinajstić information content (AvgIpc) is 2.66. The largest absolute Gasteiger partial charge is 0.348 e. The molecule has 0 saturated carbocycles. The van der Waals surface area contributed by atoms with Gasteiger partial charge in [-0.2, -0.15) is 0 Å². The Morgan fingerprint density at radius 3 is 2.38 bits per heavy atom. The third kappa shape index (κ3) is 3.14. The third-order valence-corrected chi connectivity index (χ3v) is 4.60. The van der Waals surface area contributed by atoms with E-state index in [2.05, 4.69) is 39.6 Å².